The van der Waals surface area contributed by atoms with Gasteiger partial charge in [0, 0.05) is 22.4 Å². The van der Waals surface area contributed by atoms with E-state index in [0.29, 0.717) is 22.3 Å². The SMILES string of the molecule is CC(=O)c1cccc(N2COC3=C(C2)C(=O)c2ccccc2C3=O)c1. The zero-order valence-corrected chi connectivity index (χ0v) is 13.6. The van der Waals surface area contributed by atoms with Crippen molar-refractivity contribution in [3.63, 3.8) is 0 Å². The molecule has 124 valence electrons. The Labute approximate surface area is 144 Å². The van der Waals surface area contributed by atoms with Gasteiger partial charge in [-0.2, -0.15) is 0 Å². The lowest BCUT2D eigenvalue weighted by Crippen LogP contribution is -2.39. The minimum absolute atomic E-state index is 0.0301. The standard InChI is InChI=1S/C20H15NO4/c1-12(22)13-5-4-6-14(9-13)21-10-17-18(23)15-7-2-3-8-16(15)19(24)20(17)25-11-21/h2-9H,10-11H2,1H3. The van der Waals surface area contributed by atoms with Crippen LogP contribution >= 0.6 is 0 Å². The maximum Gasteiger partial charge on any atom is 0.228 e. The first-order valence-electron chi connectivity index (χ1n) is 7.96. The molecule has 0 fully saturated rings. The van der Waals surface area contributed by atoms with Crippen LogP contribution in [0.3, 0.4) is 0 Å². The van der Waals surface area contributed by atoms with Crippen LogP contribution in [0, 0.1) is 0 Å². The summed E-state index contributed by atoms with van der Waals surface area (Å²) in [5, 5.41) is 0. The van der Waals surface area contributed by atoms with Crippen molar-refractivity contribution in [2.75, 3.05) is 18.2 Å². The highest BCUT2D eigenvalue weighted by Gasteiger charge is 2.36. The van der Waals surface area contributed by atoms with Crippen LogP contribution in [0.1, 0.15) is 38.0 Å². The molecule has 0 radical (unpaired) electrons. The summed E-state index contributed by atoms with van der Waals surface area (Å²) < 4.78 is 5.64. The van der Waals surface area contributed by atoms with Gasteiger partial charge in [0.1, 0.15) is 0 Å². The number of hydrogen-bond donors (Lipinski definition) is 0. The number of fused-ring (bicyclic) bond motifs is 1. The Morgan fingerprint density at radius 2 is 1.72 bits per heavy atom. The van der Waals surface area contributed by atoms with Crippen LogP contribution in [-0.4, -0.2) is 30.6 Å². The third kappa shape index (κ3) is 2.45. The molecule has 5 heteroatoms. The average Bonchev–Trinajstić information content (AvgIpc) is 2.66. The van der Waals surface area contributed by atoms with Crippen LogP contribution in [0.4, 0.5) is 5.69 Å². The van der Waals surface area contributed by atoms with Crippen molar-refractivity contribution in [3.8, 4) is 0 Å². The third-order valence-electron chi connectivity index (χ3n) is 4.50. The fourth-order valence-corrected chi connectivity index (χ4v) is 3.17. The number of carbonyl (C=O) groups is 3. The Kier molecular flexibility index (Phi) is 3.50. The number of carbonyl (C=O) groups excluding carboxylic acids is 3. The Morgan fingerprint density at radius 3 is 2.44 bits per heavy atom. The number of anilines is 1. The second-order valence-corrected chi connectivity index (χ2v) is 6.09. The second kappa shape index (κ2) is 5.70. The summed E-state index contributed by atoms with van der Waals surface area (Å²) in [5.74, 6) is -0.319. The smallest absolute Gasteiger partial charge is 0.228 e. The van der Waals surface area contributed by atoms with Crippen LogP contribution in [-0.2, 0) is 4.74 Å². The summed E-state index contributed by atoms with van der Waals surface area (Å²) in [4.78, 5) is 38.8. The molecule has 0 aromatic heterocycles. The normalized spacial score (nSPS) is 16.3. The third-order valence-corrected chi connectivity index (χ3v) is 4.50. The molecule has 1 aliphatic heterocycles. The zero-order chi connectivity index (χ0) is 17.6. The number of nitrogens with zero attached hydrogens (tertiary/aromatic N) is 1. The Bertz CT molecular complexity index is 958. The van der Waals surface area contributed by atoms with E-state index in [-0.39, 0.29) is 36.4 Å². The van der Waals surface area contributed by atoms with E-state index in [1.165, 1.54) is 6.92 Å². The lowest BCUT2D eigenvalue weighted by Gasteiger charge is -2.33. The predicted molar refractivity (Wildman–Crippen MR) is 91.9 cm³/mol. The van der Waals surface area contributed by atoms with Gasteiger partial charge in [0.2, 0.25) is 5.78 Å². The quantitative estimate of drug-likeness (QED) is 0.791. The molecule has 1 heterocycles. The highest BCUT2D eigenvalue weighted by Crippen LogP contribution is 2.32. The highest BCUT2D eigenvalue weighted by molar-refractivity contribution is 6.26. The van der Waals surface area contributed by atoms with Gasteiger partial charge in [-0.05, 0) is 19.1 Å². The Balaban J connectivity index is 1.70. The van der Waals surface area contributed by atoms with Crippen LogP contribution in [0.25, 0.3) is 0 Å². The number of ketones is 3. The van der Waals surface area contributed by atoms with E-state index in [2.05, 4.69) is 0 Å². The fourth-order valence-electron chi connectivity index (χ4n) is 3.17. The molecule has 2 aromatic rings. The molecular weight excluding hydrogens is 318 g/mol. The maximum absolute atomic E-state index is 12.8. The molecule has 0 amide bonds. The number of rotatable bonds is 2. The van der Waals surface area contributed by atoms with E-state index in [0.717, 1.165) is 5.69 Å². The van der Waals surface area contributed by atoms with E-state index in [1.54, 1.807) is 42.5 Å². The first-order chi connectivity index (χ1) is 12.1. The fraction of sp³-hybridized carbons (Fsp3) is 0.150. The van der Waals surface area contributed by atoms with Gasteiger partial charge < -0.3 is 9.64 Å². The first-order valence-corrected chi connectivity index (χ1v) is 7.96. The number of allylic oxidation sites excluding steroid dienone is 1. The lowest BCUT2D eigenvalue weighted by atomic mass is 9.87. The van der Waals surface area contributed by atoms with Crippen LogP contribution in [0.5, 0.6) is 0 Å². The monoisotopic (exact) mass is 333 g/mol. The maximum atomic E-state index is 12.8. The number of benzene rings is 2. The summed E-state index contributed by atoms with van der Waals surface area (Å²) in [7, 11) is 0. The molecule has 5 nitrogen and oxygen atoms in total. The summed E-state index contributed by atoms with van der Waals surface area (Å²) in [6, 6.07) is 13.9. The van der Waals surface area contributed by atoms with Gasteiger partial charge >= 0.3 is 0 Å². The molecule has 2 aliphatic rings. The topological polar surface area (TPSA) is 63.7 Å². The molecule has 0 N–H and O–H groups in total. The van der Waals surface area contributed by atoms with Gasteiger partial charge in [0.25, 0.3) is 0 Å². The van der Waals surface area contributed by atoms with Gasteiger partial charge in [-0.1, -0.05) is 36.4 Å². The van der Waals surface area contributed by atoms with Gasteiger partial charge in [-0.15, -0.1) is 0 Å². The van der Waals surface area contributed by atoms with Gasteiger partial charge in [-0.25, -0.2) is 0 Å². The summed E-state index contributed by atoms with van der Waals surface area (Å²) in [6.07, 6.45) is 0. The Hall–Kier alpha value is -3.21. The molecule has 0 saturated carbocycles. The van der Waals surface area contributed by atoms with E-state index < -0.39 is 0 Å². The summed E-state index contributed by atoms with van der Waals surface area (Å²) >= 11 is 0. The Morgan fingerprint density at radius 1 is 1.00 bits per heavy atom. The van der Waals surface area contributed by atoms with Crippen molar-refractivity contribution in [1.82, 2.24) is 0 Å². The van der Waals surface area contributed by atoms with E-state index in [4.69, 9.17) is 4.74 Å². The lowest BCUT2D eigenvalue weighted by molar-refractivity contribution is 0.0847. The van der Waals surface area contributed by atoms with Gasteiger partial charge in [0.15, 0.2) is 24.1 Å². The highest BCUT2D eigenvalue weighted by atomic mass is 16.5. The van der Waals surface area contributed by atoms with Gasteiger partial charge in [-0.3, -0.25) is 14.4 Å². The molecule has 1 aliphatic carbocycles. The van der Waals surface area contributed by atoms with Crippen molar-refractivity contribution in [1.29, 1.82) is 0 Å². The van der Waals surface area contributed by atoms with Crippen LogP contribution < -0.4 is 4.90 Å². The molecule has 0 atom stereocenters. The molecule has 0 spiro atoms. The molecule has 4 rings (SSSR count). The van der Waals surface area contributed by atoms with Crippen molar-refractivity contribution in [2.45, 2.75) is 6.92 Å². The first kappa shape index (κ1) is 15.3. The predicted octanol–water partition coefficient (Wildman–Crippen LogP) is 3.02. The number of Topliss-reactive ketones (excluding diaryl/α,β-unsaturated/α-hetero) is 3. The van der Waals surface area contributed by atoms with Crippen molar-refractivity contribution in [3.05, 3.63) is 76.6 Å². The summed E-state index contributed by atoms with van der Waals surface area (Å²) in [6.45, 7) is 1.93. The minimum atomic E-state index is -0.248. The van der Waals surface area contributed by atoms with E-state index >= 15 is 0 Å². The van der Waals surface area contributed by atoms with Crippen molar-refractivity contribution < 1.29 is 19.1 Å². The number of ether oxygens (including phenoxy) is 1. The molecule has 0 saturated heterocycles. The van der Waals surface area contributed by atoms with Crippen LogP contribution in [0.2, 0.25) is 0 Å². The second-order valence-electron chi connectivity index (χ2n) is 6.09. The molecular formula is C20H15NO4. The molecule has 2 aromatic carbocycles. The molecule has 0 unspecified atom stereocenters. The average molecular weight is 333 g/mol. The molecule has 0 bridgehead atoms. The van der Waals surface area contributed by atoms with Crippen LogP contribution in [0.15, 0.2) is 59.9 Å². The van der Waals surface area contributed by atoms with Crippen molar-refractivity contribution in [2.24, 2.45) is 0 Å². The summed E-state index contributed by atoms with van der Waals surface area (Å²) in [5.41, 5.74) is 2.53. The zero-order valence-electron chi connectivity index (χ0n) is 13.6. The largest absolute Gasteiger partial charge is 0.468 e. The van der Waals surface area contributed by atoms with E-state index in [1.807, 2.05) is 11.0 Å². The molecule has 25 heavy (non-hydrogen) atoms. The van der Waals surface area contributed by atoms with Gasteiger partial charge in [0.05, 0.1) is 12.1 Å². The van der Waals surface area contributed by atoms with Crippen molar-refractivity contribution >= 4 is 23.0 Å². The number of hydrogen-bond acceptors (Lipinski definition) is 5. The van der Waals surface area contributed by atoms with E-state index in [9.17, 15) is 14.4 Å². The minimum Gasteiger partial charge on any atom is -0.468 e.